The van der Waals surface area contributed by atoms with Crippen LogP contribution in [0.2, 0.25) is 5.02 Å². The van der Waals surface area contributed by atoms with Crippen molar-refractivity contribution in [2.75, 3.05) is 5.32 Å². The van der Waals surface area contributed by atoms with Crippen LogP contribution in [0.25, 0.3) is 22.6 Å². The van der Waals surface area contributed by atoms with Gasteiger partial charge in [0, 0.05) is 15.2 Å². The van der Waals surface area contributed by atoms with E-state index in [0.29, 0.717) is 33.4 Å². The van der Waals surface area contributed by atoms with Crippen molar-refractivity contribution in [3.05, 3.63) is 76.2 Å². The fourth-order valence-corrected chi connectivity index (χ4v) is 3.46. The van der Waals surface area contributed by atoms with E-state index in [0.717, 1.165) is 10.0 Å². The Hall–Kier alpha value is -2.83. The second kappa shape index (κ2) is 8.13. The number of nitrogens with zero attached hydrogens (tertiary/aromatic N) is 1. The van der Waals surface area contributed by atoms with Gasteiger partial charge < -0.3 is 14.5 Å². The number of carbonyl (C=O) groups excluding carboxylic acids is 1. The second-order valence-corrected chi connectivity index (χ2v) is 8.49. The lowest BCUT2D eigenvalue weighted by Crippen LogP contribution is -2.42. The number of aromatic nitrogens is 1. The number of ether oxygens (including phenoxy) is 1. The van der Waals surface area contributed by atoms with Crippen LogP contribution >= 0.6 is 27.5 Å². The fraction of sp³-hybridized carbons (Fsp3) is 0.130. The van der Waals surface area contributed by atoms with Crippen LogP contribution in [-0.2, 0) is 4.79 Å². The Morgan fingerprint density at radius 1 is 1.10 bits per heavy atom. The molecule has 0 atom stereocenters. The molecule has 7 heteroatoms. The minimum atomic E-state index is -1.09. The second-order valence-electron chi connectivity index (χ2n) is 7.20. The van der Waals surface area contributed by atoms with Crippen molar-refractivity contribution in [3.8, 4) is 17.2 Å². The molecule has 4 aromatic rings. The molecule has 1 heterocycles. The predicted molar refractivity (Wildman–Crippen MR) is 122 cm³/mol. The van der Waals surface area contributed by atoms with E-state index in [4.69, 9.17) is 20.8 Å². The lowest BCUT2D eigenvalue weighted by atomic mass is 10.1. The number of amides is 1. The van der Waals surface area contributed by atoms with Crippen LogP contribution in [0.15, 0.2) is 75.6 Å². The Balaban J connectivity index is 1.53. The zero-order valence-electron chi connectivity index (χ0n) is 16.3. The van der Waals surface area contributed by atoms with Gasteiger partial charge >= 0.3 is 0 Å². The quantitative estimate of drug-likeness (QED) is 0.341. The Morgan fingerprint density at radius 2 is 1.83 bits per heavy atom. The monoisotopic (exact) mass is 484 g/mol. The van der Waals surface area contributed by atoms with Gasteiger partial charge in [0.05, 0.1) is 5.56 Å². The zero-order valence-corrected chi connectivity index (χ0v) is 18.6. The molecule has 5 nitrogen and oxygen atoms in total. The molecule has 1 aromatic heterocycles. The molecule has 0 bridgehead atoms. The molecule has 0 saturated carbocycles. The summed E-state index contributed by atoms with van der Waals surface area (Å²) in [5.41, 5.74) is 1.65. The van der Waals surface area contributed by atoms with Crippen LogP contribution in [0.5, 0.6) is 5.75 Å². The molecule has 30 heavy (non-hydrogen) atoms. The summed E-state index contributed by atoms with van der Waals surface area (Å²) in [6, 6.07) is 19.9. The average molecular weight is 486 g/mol. The van der Waals surface area contributed by atoms with Crippen molar-refractivity contribution >= 4 is 50.2 Å². The molecule has 0 radical (unpaired) electrons. The number of anilines is 1. The lowest BCUT2D eigenvalue weighted by molar-refractivity contribution is -0.128. The number of nitrogens with one attached hydrogen (secondary N) is 1. The number of fused-ring (bicyclic) bond motifs is 1. The molecule has 0 aliphatic carbocycles. The summed E-state index contributed by atoms with van der Waals surface area (Å²) in [5.74, 6) is 0.781. The van der Waals surface area contributed by atoms with Crippen LogP contribution in [0.1, 0.15) is 13.8 Å². The summed E-state index contributed by atoms with van der Waals surface area (Å²) >= 11 is 9.41. The number of halogens is 2. The largest absolute Gasteiger partial charge is 0.478 e. The molecule has 1 N–H and O–H groups in total. The first-order chi connectivity index (χ1) is 14.3. The maximum absolute atomic E-state index is 12.8. The van der Waals surface area contributed by atoms with E-state index in [2.05, 4.69) is 26.2 Å². The Bertz CT molecular complexity index is 1220. The van der Waals surface area contributed by atoms with Gasteiger partial charge in [-0.05, 0) is 84.4 Å². The van der Waals surface area contributed by atoms with E-state index in [-0.39, 0.29) is 5.91 Å². The predicted octanol–water partition coefficient (Wildman–Crippen LogP) is 6.71. The summed E-state index contributed by atoms with van der Waals surface area (Å²) in [4.78, 5) is 17.4. The molecule has 1 amide bonds. The van der Waals surface area contributed by atoms with Crippen LogP contribution in [0.4, 0.5) is 5.69 Å². The number of hydrogen-bond acceptors (Lipinski definition) is 4. The van der Waals surface area contributed by atoms with E-state index >= 15 is 0 Å². The van der Waals surface area contributed by atoms with Crippen molar-refractivity contribution in [2.45, 2.75) is 19.4 Å². The Kier molecular flexibility index (Phi) is 5.54. The van der Waals surface area contributed by atoms with Gasteiger partial charge in [0.1, 0.15) is 11.3 Å². The Labute approximate surface area is 187 Å². The smallest absolute Gasteiger partial charge is 0.267 e. The molecule has 0 saturated heterocycles. The highest BCUT2D eigenvalue weighted by molar-refractivity contribution is 9.10. The van der Waals surface area contributed by atoms with Gasteiger partial charge in [0.15, 0.2) is 11.2 Å². The van der Waals surface area contributed by atoms with E-state index < -0.39 is 5.60 Å². The maximum atomic E-state index is 12.8. The standard InChI is InChI=1S/C23H18BrClN2O3/c1-23(2,30-16-10-7-14(25)8-11-16)22(28)26-15-9-12-20-19(13-15)27-21(29-20)17-5-3-4-6-18(17)24/h3-13H,1-2H3,(H,26,28). The lowest BCUT2D eigenvalue weighted by Gasteiger charge is -2.25. The van der Waals surface area contributed by atoms with Crippen LogP contribution in [0.3, 0.4) is 0 Å². The minimum absolute atomic E-state index is 0.286. The fourth-order valence-electron chi connectivity index (χ4n) is 2.88. The molecule has 0 unspecified atom stereocenters. The number of carbonyl (C=O) groups is 1. The molecular formula is C23H18BrClN2O3. The normalized spacial score (nSPS) is 11.5. The number of oxazole rings is 1. The van der Waals surface area contributed by atoms with Crippen LogP contribution in [0, 0.1) is 0 Å². The highest BCUT2D eigenvalue weighted by atomic mass is 79.9. The third-order valence-electron chi connectivity index (χ3n) is 4.48. The van der Waals surface area contributed by atoms with Gasteiger partial charge in [-0.25, -0.2) is 4.98 Å². The Morgan fingerprint density at radius 3 is 2.57 bits per heavy atom. The number of hydrogen-bond donors (Lipinski definition) is 1. The van der Waals surface area contributed by atoms with Gasteiger partial charge in [0.2, 0.25) is 5.89 Å². The molecule has 0 spiro atoms. The molecule has 0 aliphatic heterocycles. The average Bonchev–Trinajstić information content (AvgIpc) is 3.13. The van der Waals surface area contributed by atoms with Crippen molar-refractivity contribution in [1.29, 1.82) is 0 Å². The zero-order chi connectivity index (χ0) is 21.3. The SMILES string of the molecule is CC(C)(Oc1ccc(Cl)cc1)C(=O)Nc1ccc2oc(-c3ccccc3Br)nc2c1. The summed E-state index contributed by atoms with van der Waals surface area (Å²) < 4.78 is 12.6. The van der Waals surface area contributed by atoms with E-state index in [1.54, 1.807) is 56.3 Å². The number of rotatable bonds is 5. The summed E-state index contributed by atoms with van der Waals surface area (Å²) in [7, 11) is 0. The highest BCUT2D eigenvalue weighted by Crippen LogP contribution is 2.31. The topological polar surface area (TPSA) is 64.4 Å². The van der Waals surface area contributed by atoms with Gasteiger partial charge in [-0.1, -0.05) is 23.7 Å². The van der Waals surface area contributed by atoms with Gasteiger partial charge in [-0.2, -0.15) is 0 Å². The highest BCUT2D eigenvalue weighted by Gasteiger charge is 2.30. The molecule has 152 valence electrons. The first kappa shape index (κ1) is 20.4. The third kappa shape index (κ3) is 4.35. The first-order valence-electron chi connectivity index (χ1n) is 9.23. The molecule has 0 aliphatic rings. The number of benzene rings is 3. The van der Waals surface area contributed by atoms with Crippen LogP contribution in [-0.4, -0.2) is 16.5 Å². The first-order valence-corrected chi connectivity index (χ1v) is 10.4. The maximum Gasteiger partial charge on any atom is 0.267 e. The van der Waals surface area contributed by atoms with Crippen molar-refractivity contribution < 1.29 is 13.9 Å². The van der Waals surface area contributed by atoms with E-state index in [9.17, 15) is 4.79 Å². The van der Waals surface area contributed by atoms with Crippen LogP contribution < -0.4 is 10.1 Å². The van der Waals surface area contributed by atoms with Crippen molar-refractivity contribution in [3.63, 3.8) is 0 Å². The summed E-state index contributed by atoms with van der Waals surface area (Å²) in [6.07, 6.45) is 0. The summed E-state index contributed by atoms with van der Waals surface area (Å²) in [6.45, 7) is 3.41. The van der Waals surface area contributed by atoms with Crippen molar-refractivity contribution in [1.82, 2.24) is 4.98 Å². The summed E-state index contributed by atoms with van der Waals surface area (Å²) in [5, 5.41) is 3.49. The molecule has 3 aromatic carbocycles. The van der Waals surface area contributed by atoms with Gasteiger partial charge in [-0.15, -0.1) is 0 Å². The van der Waals surface area contributed by atoms with Crippen molar-refractivity contribution in [2.24, 2.45) is 0 Å². The third-order valence-corrected chi connectivity index (χ3v) is 5.43. The molecule has 0 fully saturated rings. The van der Waals surface area contributed by atoms with Gasteiger partial charge in [0.25, 0.3) is 5.91 Å². The minimum Gasteiger partial charge on any atom is -0.478 e. The molecule has 4 rings (SSSR count). The molecular weight excluding hydrogens is 468 g/mol. The van der Waals surface area contributed by atoms with E-state index in [1.807, 2.05) is 24.3 Å². The van der Waals surface area contributed by atoms with E-state index in [1.165, 1.54) is 0 Å². The van der Waals surface area contributed by atoms with Gasteiger partial charge in [-0.3, -0.25) is 4.79 Å².